The highest BCUT2D eigenvalue weighted by Crippen LogP contribution is 2.15. The van der Waals surface area contributed by atoms with Gasteiger partial charge >= 0.3 is 6.03 Å². The Labute approximate surface area is 144 Å². The van der Waals surface area contributed by atoms with Crippen molar-refractivity contribution in [3.05, 3.63) is 48.2 Å². The molecule has 25 heavy (non-hydrogen) atoms. The molecular formula is C17H19N5O3. The molecule has 1 aromatic carbocycles. The lowest BCUT2D eigenvalue weighted by Crippen LogP contribution is -2.31. The van der Waals surface area contributed by atoms with Gasteiger partial charge < -0.3 is 10.6 Å². The quantitative estimate of drug-likeness (QED) is 0.773. The van der Waals surface area contributed by atoms with Crippen molar-refractivity contribution in [1.82, 2.24) is 20.0 Å². The van der Waals surface area contributed by atoms with E-state index in [9.17, 15) is 14.4 Å². The molecule has 0 spiro atoms. The second kappa shape index (κ2) is 7.16. The standard InChI is InChI=1S/C17H19N5O3/c1-21-10-9-14(20-21)19-15(23)8-7-13-16(24)22(17(25)18-13)11-12-5-3-2-4-6-12/h2-6,9-10,13H,7-8,11H2,1H3,(H,18,25)(H,19,20,23)/t13-/m0/s1. The lowest BCUT2D eigenvalue weighted by atomic mass is 10.1. The van der Waals surface area contributed by atoms with E-state index in [4.69, 9.17) is 0 Å². The summed E-state index contributed by atoms with van der Waals surface area (Å²) in [4.78, 5) is 37.5. The SMILES string of the molecule is Cn1ccc(NC(=O)CC[C@@H]2NC(=O)N(Cc3ccccc3)C2=O)n1. The number of amides is 4. The minimum absolute atomic E-state index is 0.117. The first kappa shape index (κ1) is 16.7. The maximum atomic E-state index is 12.4. The smallest absolute Gasteiger partial charge is 0.325 e. The molecule has 8 heteroatoms. The van der Waals surface area contributed by atoms with Crippen molar-refractivity contribution in [2.45, 2.75) is 25.4 Å². The summed E-state index contributed by atoms with van der Waals surface area (Å²) in [7, 11) is 1.75. The van der Waals surface area contributed by atoms with E-state index in [1.807, 2.05) is 30.3 Å². The number of benzene rings is 1. The van der Waals surface area contributed by atoms with Crippen LogP contribution in [-0.4, -0.2) is 38.6 Å². The van der Waals surface area contributed by atoms with E-state index >= 15 is 0 Å². The van der Waals surface area contributed by atoms with Gasteiger partial charge in [0.05, 0.1) is 6.54 Å². The van der Waals surface area contributed by atoms with Crippen molar-refractivity contribution >= 4 is 23.7 Å². The number of imide groups is 1. The fraction of sp³-hybridized carbons (Fsp3) is 0.294. The van der Waals surface area contributed by atoms with Crippen LogP contribution in [-0.2, 0) is 23.2 Å². The Bertz CT molecular complexity index is 787. The van der Waals surface area contributed by atoms with Crippen LogP contribution in [0.1, 0.15) is 18.4 Å². The van der Waals surface area contributed by atoms with Crippen molar-refractivity contribution in [3.63, 3.8) is 0 Å². The molecule has 0 bridgehead atoms. The summed E-state index contributed by atoms with van der Waals surface area (Å²) in [6.45, 7) is 0.224. The molecule has 3 rings (SSSR count). The predicted octanol–water partition coefficient (Wildman–Crippen LogP) is 1.26. The number of aromatic nitrogens is 2. The minimum atomic E-state index is -0.675. The molecule has 2 aromatic rings. The van der Waals surface area contributed by atoms with Crippen LogP contribution < -0.4 is 10.6 Å². The highest BCUT2D eigenvalue weighted by atomic mass is 16.2. The van der Waals surface area contributed by atoms with Gasteiger partial charge in [0, 0.05) is 25.7 Å². The van der Waals surface area contributed by atoms with Gasteiger partial charge in [0.1, 0.15) is 6.04 Å². The third kappa shape index (κ3) is 4.03. The molecule has 0 aliphatic carbocycles. The molecule has 0 saturated carbocycles. The first-order valence-corrected chi connectivity index (χ1v) is 7.98. The molecular weight excluding hydrogens is 322 g/mol. The van der Waals surface area contributed by atoms with Gasteiger partial charge in [0.25, 0.3) is 5.91 Å². The summed E-state index contributed by atoms with van der Waals surface area (Å²) in [6.07, 6.45) is 2.08. The summed E-state index contributed by atoms with van der Waals surface area (Å²) in [5, 5.41) is 9.35. The van der Waals surface area contributed by atoms with E-state index in [1.54, 1.807) is 24.0 Å². The molecule has 2 heterocycles. The summed E-state index contributed by atoms with van der Waals surface area (Å²) < 4.78 is 1.58. The van der Waals surface area contributed by atoms with Gasteiger partial charge in [-0.15, -0.1) is 0 Å². The van der Waals surface area contributed by atoms with Crippen LogP contribution in [0.15, 0.2) is 42.6 Å². The summed E-state index contributed by atoms with van der Waals surface area (Å²) in [5.41, 5.74) is 0.875. The third-order valence-corrected chi connectivity index (χ3v) is 3.93. The number of nitrogens with zero attached hydrogens (tertiary/aromatic N) is 3. The van der Waals surface area contributed by atoms with Crippen molar-refractivity contribution in [1.29, 1.82) is 0 Å². The van der Waals surface area contributed by atoms with Crippen molar-refractivity contribution < 1.29 is 14.4 Å². The van der Waals surface area contributed by atoms with Crippen LogP contribution in [0.4, 0.5) is 10.6 Å². The highest BCUT2D eigenvalue weighted by Gasteiger charge is 2.37. The largest absolute Gasteiger partial charge is 0.326 e. The molecule has 1 saturated heterocycles. The average Bonchev–Trinajstić information content (AvgIpc) is 3.11. The molecule has 8 nitrogen and oxygen atoms in total. The molecule has 130 valence electrons. The zero-order valence-corrected chi connectivity index (χ0v) is 13.8. The van der Waals surface area contributed by atoms with Gasteiger partial charge in [-0.25, -0.2) is 4.79 Å². The zero-order valence-electron chi connectivity index (χ0n) is 13.8. The van der Waals surface area contributed by atoms with Crippen LogP contribution in [0.2, 0.25) is 0 Å². The summed E-state index contributed by atoms with van der Waals surface area (Å²) >= 11 is 0. The molecule has 1 aliphatic rings. The van der Waals surface area contributed by atoms with E-state index in [0.29, 0.717) is 5.82 Å². The topological polar surface area (TPSA) is 96.3 Å². The fourth-order valence-corrected chi connectivity index (χ4v) is 2.65. The van der Waals surface area contributed by atoms with Gasteiger partial charge in [0.2, 0.25) is 5.91 Å². The second-order valence-electron chi connectivity index (χ2n) is 5.87. The Kier molecular flexibility index (Phi) is 4.78. The number of nitrogens with one attached hydrogen (secondary N) is 2. The van der Waals surface area contributed by atoms with Crippen molar-refractivity contribution in [2.75, 3.05) is 5.32 Å². The Morgan fingerprint density at radius 2 is 2.00 bits per heavy atom. The molecule has 2 N–H and O–H groups in total. The lowest BCUT2D eigenvalue weighted by molar-refractivity contribution is -0.128. The maximum Gasteiger partial charge on any atom is 0.325 e. The number of aryl methyl sites for hydroxylation is 1. The van der Waals surface area contributed by atoms with Gasteiger partial charge in [-0.2, -0.15) is 5.10 Å². The van der Waals surface area contributed by atoms with Crippen LogP contribution in [0.25, 0.3) is 0 Å². The Balaban J connectivity index is 1.52. The van der Waals surface area contributed by atoms with E-state index in [0.717, 1.165) is 5.56 Å². The van der Waals surface area contributed by atoms with Crippen molar-refractivity contribution in [3.8, 4) is 0 Å². The molecule has 0 unspecified atom stereocenters. The second-order valence-corrected chi connectivity index (χ2v) is 5.87. The first-order valence-electron chi connectivity index (χ1n) is 7.98. The maximum absolute atomic E-state index is 12.4. The van der Waals surface area contributed by atoms with Crippen LogP contribution >= 0.6 is 0 Å². The Morgan fingerprint density at radius 3 is 2.68 bits per heavy atom. The van der Waals surface area contributed by atoms with Crippen LogP contribution in [0.5, 0.6) is 0 Å². The third-order valence-electron chi connectivity index (χ3n) is 3.93. The van der Waals surface area contributed by atoms with E-state index in [1.165, 1.54) is 4.90 Å². The number of urea groups is 1. The van der Waals surface area contributed by atoms with E-state index < -0.39 is 12.1 Å². The van der Waals surface area contributed by atoms with Gasteiger partial charge in [-0.1, -0.05) is 30.3 Å². The fourth-order valence-electron chi connectivity index (χ4n) is 2.65. The molecule has 1 aromatic heterocycles. The predicted molar refractivity (Wildman–Crippen MR) is 90.4 cm³/mol. The number of carbonyl (C=O) groups excluding carboxylic acids is 3. The molecule has 4 amide bonds. The van der Waals surface area contributed by atoms with Crippen molar-refractivity contribution in [2.24, 2.45) is 7.05 Å². The number of rotatable bonds is 6. The Hall–Kier alpha value is -3.16. The van der Waals surface area contributed by atoms with Gasteiger partial charge in [-0.05, 0) is 12.0 Å². The number of hydrogen-bond donors (Lipinski definition) is 2. The number of anilines is 1. The Morgan fingerprint density at radius 1 is 1.24 bits per heavy atom. The molecule has 1 fully saturated rings. The van der Waals surface area contributed by atoms with Crippen LogP contribution in [0.3, 0.4) is 0 Å². The number of hydrogen-bond acceptors (Lipinski definition) is 4. The summed E-state index contributed by atoms with van der Waals surface area (Å²) in [6, 6.07) is 9.87. The van der Waals surface area contributed by atoms with E-state index in [2.05, 4.69) is 15.7 Å². The average molecular weight is 341 g/mol. The van der Waals surface area contributed by atoms with Gasteiger partial charge in [-0.3, -0.25) is 19.2 Å². The first-order chi connectivity index (χ1) is 12.0. The van der Waals surface area contributed by atoms with Gasteiger partial charge in [0.15, 0.2) is 5.82 Å². The zero-order chi connectivity index (χ0) is 17.8. The molecule has 1 atom stereocenters. The van der Waals surface area contributed by atoms with E-state index in [-0.39, 0.29) is 31.2 Å². The monoisotopic (exact) mass is 341 g/mol. The molecule has 1 aliphatic heterocycles. The van der Waals surface area contributed by atoms with Crippen LogP contribution in [0, 0.1) is 0 Å². The summed E-state index contributed by atoms with van der Waals surface area (Å²) in [5.74, 6) is -0.0956. The number of carbonyl (C=O) groups is 3. The normalized spacial score (nSPS) is 16.8. The molecule has 0 radical (unpaired) electrons. The lowest BCUT2D eigenvalue weighted by Gasteiger charge is -2.13. The highest BCUT2D eigenvalue weighted by molar-refractivity contribution is 6.04. The minimum Gasteiger partial charge on any atom is -0.326 e.